The van der Waals surface area contributed by atoms with Crippen molar-refractivity contribution in [3.05, 3.63) is 181 Å². The number of benzene rings is 7. The molecule has 2 aromatic heterocycles. The van der Waals surface area contributed by atoms with Crippen LogP contribution in [0.2, 0.25) is 0 Å². The molecule has 0 spiro atoms. The van der Waals surface area contributed by atoms with Gasteiger partial charge in [0, 0.05) is 44.8 Å². The maximum atomic E-state index is 5.17. The zero-order valence-electron chi connectivity index (χ0n) is 26.5. The van der Waals surface area contributed by atoms with E-state index < -0.39 is 0 Å². The van der Waals surface area contributed by atoms with Crippen molar-refractivity contribution in [1.29, 1.82) is 0 Å². The average Bonchev–Trinajstić information content (AvgIpc) is 3.71. The lowest BCUT2D eigenvalue weighted by Crippen LogP contribution is -2.10. The molecule has 9 rings (SSSR count). The van der Waals surface area contributed by atoms with Crippen molar-refractivity contribution in [1.82, 2.24) is 14.1 Å². The maximum absolute atomic E-state index is 5.17. The number of hydrogen-bond donors (Lipinski definition) is 0. The van der Waals surface area contributed by atoms with Gasteiger partial charge >= 0.3 is 0 Å². The number of fused-ring (bicyclic) bond motifs is 4. The summed E-state index contributed by atoms with van der Waals surface area (Å²) in [7, 11) is 0. The van der Waals surface area contributed by atoms with Gasteiger partial charge in [-0.3, -0.25) is 4.57 Å². The third-order valence-corrected chi connectivity index (χ3v) is 9.25. The fourth-order valence-electron chi connectivity index (χ4n) is 7.01. The van der Waals surface area contributed by atoms with Crippen molar-refractivity contribution in [3.8, 4) is 22.8 Å². The molecule has 0 bridgehead atoms. The molecule has 0 saturated carbocycles. The van der Waals surface area contributed by atoms with Gasteiger partial charge in [-0.1, -0.05) is 84.9 Å². The third-order valence-electron chi connectivity index (χ3n) is 9.25. The second-order valence-corrected chi connectivity index (χ2v) is 12.2. The SMILES string of the molecule is Cc1cccc2c1nc(-c1ccc(N(c3ccccc3)c3ccc(-n4c5ccccc5c5ccccc54)cc3)cc1)n2-c1ccccc1. The van der Waals surface area contributed by atoms with Gasteiger partial charge in [-0.25, -0.2) is 4.98 Å². The predicted octanol–water partition coefficient (Wildman–Crippen LogP) is 11.6. The molecule has 0 fully saturated rings. The van der Waals surface area contributed by atoms with Crippen molar-refractivity contribution in [2.45, 2.75) is 6.92 Å². The average molecular weight is 617 g/mol. The number of nitrogens with zero attached hydrogens (tertiary/aromatic N) is 4. The fraction of sp³-hybridized carbons (Fsp3) is 0.0227. The van der Waals surface area contributed by atoms with E-state index in [9.17, 15) is 0 Å². The van der Waals surface area contributed by atoms with Crippen LogP contribution in [0.25, 0.3) is 55.6 Å². The van der Waals surface area contributed by atoms with Crippen molar-refractivity contribution in [2.75, 3.05) is 4.90 Å². The standard InChI is InChI=1S/C44H32N4/c1-31-13-12-22-42-43(31)45-44(48(42)34-16-6-3-7-17-34)32-23-25-35(26-24-32)46(33-14-4-2-5-15-33)36-27-29-37(30-28-36)47-40-20-10-8-18-38(40)39-19-9-11-21-41(39)47/h2-30H,1H3. The summed E-state index contributed by atoms with van der Waals surface area (Å²) in [5.41, 5.74) is 12.3. The summed E-state index contributed by atoms with van der Waals surface area (Å²) in [5.74, 6) is 0.929. The summed E-state index contributed by atoms with van der Waals surface area (Å²) in [4.78, 5) is 7.48. The highest BCUT2D eigenvalue weighted by molar-refractivity contribution is 6.09. The molecular weight excluding hydrogens is 585 g/mol. The number of imidazole rings is 1. The lowest BCUT2D eigenvalue weighted by molar-refractivity contribution is 1.10. The second kappa shape index (κ2) is 11.4. The van der Waals surface area contributed by atoms with Gasteiger partial charge < -0.3 is 9.47 Å². The molecule has 0 atom stereocenters. The van der Waals surface area contributed by atoms with Crippen LogP contribution in [0, 0.1) is 6.92 Å². The van der Waals surface area contributed by atoms with Gasteiger partial charge in [-0.15, -0.1) is 0 Å². The van der Waals surface area contributed by atoms with Crippen LogP contribution in [0.5, 0.6) is 0 Å². The highest BCUT2D eigenvalue weighted by Crippen LogP contribution is 2.38. The van der Waals surface area contributed by atoms with Crippen LogP contribution in [-0.2, 0) is 0 Å². The van der Waals surface area contributed by atoms with Crippen LogP contribution < -0.4 is 4.90 Å². The van der Waals surface area contributed by atoms with Gasteiger partial charge in [0.25, 0.3) is 0 Å². The van der Waals surface area contributed by atoms with E-state index >= 15 is 0 Å². The lowest BCUT2D eigenvalue weighted by atomic mass is 10.1. The summed E-state index contributed by atoms with van der Waals surface area (Å²) in [6.45, 7) is 2.13. The molecular formula is C44H32N4. The molecule has 9 aromatic rings. The molecule has 48 heavy (non-hydrogen) atoms. The van der Waals surface area contributed by atoms with E-state index in [1.54, 1.807) is 0 Å². The molecule has 4 nitrogen and oxygen atoms in total. The largest absolute Gasteiger partial charge is 0.311 e. The summed E-state index contributed by atoms with van der Waals surface area (Å²) >= 11 is 0. The Morgan fingerprint density at radius 2 is 0.917 bits per heavy atom. The first-order valence-electron chi connectivity index (χ1n) is 16.3. The number of aromatic nitrogens is 3. The van der Waals surface area contributed by atoms with Gasteiger partial charge in [0.05, 0.1) is 22.1 Å². The van der Waals surface area contributed by atoms with Crippen LogP contribution in [0.3, 0.4) is 0 Å². The number of anilines is 3. The van der Waals surface area contributed by atoms with E-state index in [1.807, 2.05) is 0 Å². The van der Waals surface area contributed by atoms with E-state index in [1.165, 1.54) is 27.4 Å². The minimum Gasteiger partial charge on any atom is -0.311 e. The predicted molar refractivity (Wildman–Crippen MR) is 200 cm³/mol. The van der Waals surface area contributed by atoms with E-state index in [2.05, 4.69) is 197 Å². The Morgan fingerprint density at radius 1 is 0.417 bits per heavy atom. The van der Waals surface area contributed by atoms with E-state index in [0.29, 0.717) is 0 Å². The third kappa shape index (κ3) is 4.57. The van der Waals surface area contributed by atoms with Crippen molar-refractivity contribution in [3.63, 3.8) is 0 Å². The molecule has 0 N–H and O–H groups in total. The van der Waals surface area contributed by atoms with Crippen molar-refractivity contribution in [2.24, 2.45) is 0 Å². The molecule has 2 heterocycles. The number of rotatable bonds is 6. The Morgan fingerprint density at radius 3 is 1.56 bits per heavy atom. The monoisotopic (exact) mass is 616 g/mol. The van der Waals surface area contributed by atoms with Gasteiger partial charge in [-0.05, 0) is 103 Å². The maximum Gasteiger partial charge on any atom is 0.145 e. The van der Waals surface area contributed by atoms with Crippen molar-refractivity contribution < 1.29 is 0 Å². The molecule has 7 aromatic carbocycles. The van der Waals surface area contributed by atoms with Gasteiger partial charge in [-0.2, -0.15) is 0 Å². The minimum atomic E-state index is 0.929. The van der Waals surface area contributed by atoms with Gasteiger partial charge in [0.15, 0.2) is 0 Å². The fourth-order valence-corrected chi connectivity index (χ4v) is 7.01. The van der Waals surface area contributed by atoms with Crippen LogP contribution in [-0.4, -0.2) is 14.1 Å². The molecule has 0 aliphatic rings. The molecule has 0 amide bonds. The second-order valence-electron chi connectivity index (χ2n) is 12.2. The van der Waals surface area contributed by atoms with E-state index in [-0.39, 0.29) is 0 Å². The quantitative estimate of drug-likeness (QED) is 0.186. The topological polar surface area (TPSA) is 26.0 Å². The van der Waals surface area contributed by atoms with Crippen LogP contribution in [0.4, 0.5) is 17.1 Å². The Kier molecular flexibility index (Phi) is 6.65. The van der Waals surface area contributed by atoms with Crippen LogP contribution in [0.15, 0.2) is 176 Å². The lowest BCUT2D eigenvalue weighted by Gasteiger charge is -2.26. The highest BCUT2D eigenvalue weighted by Gasteiger charge is 2.18. The molecule has 4 heteroatoms. The number of aryl methyl sites for hydroxylation is 1. The first-order valence-corrected chi connectivity index (χ1v) is 16.3. The molecule has 0 saturated heterocycles. The van der Waals surface area contributed by atoms with Crippen LogP contribution >= 0.6 is 0 Å². The summed E-state index contributed by atoms with van der Waals surface area (Å²) in [5, 5.41) is 2.53. The summed E-state index contributed by atoms with van der Waals surface area (Å²) < 4.78 is 4.62. The number of para-hydroxylation sites is 5. The summed E-state index contributed by atoms with van der Waals surface area (Å²) in [6, 6.07) is 62.4. The Hall–Kier alpha value is -6.39. The van der Waals surface area contributed by atoms with Crippen molar-refractivity contribution >= 4 is 49.9 Å². The zero-order valence-corrected chi connectivity index (χ0v) is 26.5. The zero-order chi connectivity index (χ0) is 32.0. The summed E-state index contributed by atoms with van der Waals surface area (Å²) in [6.07, 6.45) is 0. The normalized spacial score (nSPS) is 11.4. The Labute approximate surface area is 279 Å². The van der Waals surface area contributed by atoms with E-state index in [4.69, 9.17) is 4.98 Å². The van der Waals surface area contributed by atoms with E-state index in [0.717, 1.165) is 50.9 Å². The minimum absolute atomic E-state index is 0.929. The van der Waals surface area contributed by atoms with Crippen LogP contribution in [0.1, 0.15) is 5.56 Å². The smallest absolute Gasteiger partial charge is 0.145 e. The van der Waals surface area contributed by atoms with Gasteiger partial charge in [0.1, 0.15) is 5.82 Å². The number of hydrogen-bond acceptors (Lipinski definition) is 2. The Bertz CT molecular complexity index is 2490. The first-order chi connectivity index (χ1) is 23.7. The molecule has 0 unspecified atom stereocenters. The molecule has 0 radical (unpaired) electrons. The highest BCUT2D eigenvalue weighted by atomic mass is 15.1. The molecule has 0 aliphatic heterocycles. The Balaban J connectivity index is 1.14. The molecule has 228 valence electrons. The molecule has 0 aliphatic carbocycles. The van der Waals surface area contributed by atoms with Gasteiger partial charge in [0.2, 0.25) is 0 Å². The first kappa shape index (κ1) is 27.9.